The highest BCUT2D eigenvalue weighted by Gasteiger charge is 2.28. The number of morpholine rings is 1. The molecule has 0 amide bonds. The minimum absolute atomic E-state index is 0.135. The summed E-state index contributed by atoms with van der Waals surface area (Å²) >= 11 is 5.89. The smallest absolute Gasteiger partial charge is 0.243 e. The van der Waals surface area contributed by atoms with Crippen molar-refractivity contribution in [2.45, 2.75) is 50.5 Å². The Kier molecular flexibility index (Phi) is 6.91. The van der Waals surface area contributed by atoms with E-state index < -0.39 is 10.0 Å². The van der Waals surface area contributed by atoms with Gasteiger partial charge in [-0.05, 0) is 63.2 Å². The third-order valence-corrected chi connectivity index (χ3v) is 8.77. The van der Waals surface area contributed by atoms with Crippen molar-refractivity contribution in [2.24, 2.45) is 0 Å². The summed E-state index contributed by atoms with van der Waals surface area (Å²) in [6, 6.07) is 16.9. The zero-order valence-electron chi connectivity index (χ0n) is 20.1. The maximum absolute atomic E-state index is 13.2. The second kappa shape index (κ2) is 9.94. The number of sulfonamides is 1. The van der Waals surface area contributed by atoms with Crippen LogP contribution in [0.2, 0.25) is 0 Å². The maximum atomic E-state index is 13.2. The second-order valence-corrected chi connectivity index (χ2v) is 11.7. The predicted octanol–water partition coefficient (Wildman–Crippen LogP) is 3.92. The molecule has 0 spiro atoms. The van der Waals surface area contributed by atoms with E-state index in [1.165, 1.54) is 0 Å². The van der Waals surface area contributed by atoms with Crippen LogP contribution in [-0.2, 0) is 21.4 Å². The van der Waals surface area contributed by atoms with Crippen LogP contribution in [0.4, 0.5) is 0 Å². The number of hydrogen-bond acceptors (Lipinski definition) is 6. The summed E-state index contributed by atoms with van der Waals surface area (Å²) in [7, 11) is -3.54. The molecule has 35 heavy (non-hydrogen) atoms. The lowest BCUT2D eigenvalue weighted by Gasteiger charge is -2.34. The van der Waals surface area contributed by atoms with Crippen molar-refractivity contribution in [2.75, 3.05) is 26.2 Å². The molecule has 1 aromatic heterocycles. The van der Waals surface area contributed by atoms with E-state index in [1.807, 2.05) is 45.6 Å². The summed E-state index contributed by atoms with van der Waals surface area (Å²) in [6.45, 7) is 7.40. The third kappa shape index (κ3) is 4.99. The van der Waals surface area contributed by atoms with Crippen LogP contribution in [0.5, 0.6) is 0 Å². The molecule has 2 saturated heterocycles. The number of nitrogens with zero attached hydrogens (tertiary/aromatic N) is 5. The monoisotopic (exact) mass is 513 g/mol. The molecule has 0 radical (unpaired) electrons. The average Bonchev–Trinajstić information content (AvgIpc) is 3.49. The number of benzene rings is 2. The van der Waals surface area contributed by atoms with Crippen molar-refractivity contribution < 1.29 is 13.2 Å². The molecule has 2 aliphatic rings. The molecule has 2 unspecified atom stereocenters. The largest absolute Gasteiger partial charge is 0.373 e. The fraction of sp³-hybridized carbons (Fsp3) is 0.440. The van der Waals surface area contributed by atoms with Crippen LogP contribution in [0.25, 0.3) is 17.1 Å². The lowest BCUT2D eigenvalue weighted by molar-refractivity contribution is -0.0777. The van der Waals surface area contributed by atoms with E-state index in [1.54, 1.807) is 22.5 Å². The molecule has 0 saturated carbocycles. The van der Waals surface area contributed by atoms with Gasteiger partial charge in [0.1, 0.15) is 0 Å². The summed E-state index contributed by atoms with van der Waals surface area (Å²) in [6.07, 6.45) is 2.07. The first-order valence-electron chi connectivity index (χ1n) is 12.1. The Morgan fingerprint density at radius 3 is 2.37 bits per heavy atom. The Morgan fingerprint density at radius 2 is 1.69 bits per heavy atom. The van der Waals surface area contributed by atoms with E-state index >= 15 is 0 Å². The first kappa shape index (κ1) is 24.3. The molecule has 8 nitrogen and oxygen atoms in total. The molecule has 0 bridgehead atoms. The van der Waals surface area contributed by atoms with Gasteiger partial charge in [0.05, 0.1) is 23.8 Å². The molecule has 10 heteroatoms. The highest BCUT2D eigenvalue weighted by Crippen LogP contribution is 2.28. The van der Waals surface area contributed by atoms with Crippen LogP contribution >= 0.6 is 12.2 Å². The Morgan fingerprint density at radius 1 is 1.00 bits per heavy atom. The number of aromatic nitrogens is 3. The Bertz CT molecular complexity index is 1340. The van der Waals surface area contributed by atoms with Crippen molar-refractivity contribution in [1.29, 1.82) is 0 Å². The molecule has 3 aromatic rings. The van der Waals surface area contributed by atoms with E-state index in [4.69, 9.17) is 22.1 Å². The van der Waals surface area contributed by atoms with Gasteiger partial charge in [0, 0.05) is 37.4 Å². The number of ether oxygens (including phenoxy) is 1. The lowest BCUT2D eigenvalue weighted by Crippen LogP contribution is -2.46. The van der Waals surface area contributed by atoms with Gasteiger partial charge >= 0.3 is 0 Å². The van der Waals surface area contributed by atoms with Crippen LogP contribution in [0.1, 0.15) is 26.7 Å². The summed E-state index contributed by atoms with van der Waals surface area (Å²) in [5.41, 5.74) is 1.60. The van der Waals surface area contributed by atoms with Crippen LogP contribution in [0, 0.1) is 4.77 Å². The Hall–Kier alpha value is -2.37. The highest BCUT2D eigenvalue weighted by molar-refractivity contribution is 7.89. The Balaban J connectivity index is 1.57. The van der Waals surface area contributed by atoms with Crippen molar-refractivity contribution in [3.05, 3.63) is 59.4 Å². The standard InChI is InChI=1S/C25H31N5O3S2/c1-19-16-27(17-20(2)33-19)18-29-25(34)30(22-10-4-3-5-11-22)24(26-29)21-9-8-12-23(15-21)35(31,32)28-13-6-7-14-28/h3-5,8-12,15,19-20H,6-7,13-14,16-18H2,1-2H3. The predicted molar refractivity (Wildman–Crippen MR) is 137 cm³/mol. The van der Waals surface area contributed by atoms with Gasteiger partial charge in [-0.15, -0.1) is 5.10 Å². The first-order valence-corrected chi connectivity index (χ1v) is 13.9. The SMILES string of the molecule is CC1CN(Cn2nc(-c3cccc(S(=O)(=O)N4CCCC4)c3)n(-c3ccccc3)c2=S)CC(C)O1. The molecular formula is C25H31N5O3S2. The number of rotatable bonds is 6. The first-order chi connectivity index (χ1) is 16.8. The van der Waals surface area contributed by atoms with Gasteiger partial charge in [0.2, 0.25) is 14.8 Å². The van der Waals surface area contributed by atoms with E-state index in [-0.39, 0.29) is 17.1 Å². The van der Waals surface area contributed by atoms with Crippen LogP contribution < -0.4 is 0 Å². The fourth-order valence-corrected chi connectivity index (χ4v) is 6.81. The number of hydrogen-bond donors (Lipinski definition) is 0. The van der Waals surface area contributed by atoms with Crippen LogP contribution in [0.3, 0.4) is 0 Å². The zero-order chi connectivity index (χ0) is 24.6. The van der Waals surface area contributed by atoms with Gasteiger partial charge in [0.25, 0.3) is 0 Å². The minimum atomic E-state index is -3.54. The quantitative estimate of drug-likeness (QED) is 0.465. The van der Waals surface area contributed by atoms with Crippen molar-refractivity contribution >= 4 is 22.2 Å². The van der Waals surface area contributed by atoms with E-state index in [0.29, 0.717) is 35.9 Å². The van der Waals surface area contributed by atoms with Gasteiger partial charge in [0.15, 0.2) is 5.82 Å². The average molecular weight is 514 g/mol. The van der Waals surface area contributed by atoms with Crippen molar-refractivity contribution in [3.8, 4) is 17.1 Å². The summed E-state index contributed by atoms with van der Waals surface area (Å²) in [5, 5.41) is 4.91. The topological polar surface area (TPSA) is 72.6 Å². The molecule has 0 N–H and O–H groups in total. The third-order valence-electron chi connectivity index (χ3n) is 6.48. The molecule has 2 fully saturated rings. The van der Waals surface area contributed by atoms with Gasteiger partial charge < -0.3 is 4.74 Å². The van der Waals surface area contributed by atoms with Crippen molar-refractivity contribution in [3.63, 3.8) is 0 Å². The van der Waals surface area contributed by atoms with Crippen molar-refractivity contribution in [1.82, 2.24) is 23.6 Å². The van der Waals surface area contributed by atoms with Crippen LogP contribution in [0.15, 0.2) is 59.5 Å². The van der Waals surface area contributed by atoms with Crippen LogP contribution in [-0.4, -0.2) is 70.4 Å². The molecule has 0 aliphatic carbocycles. The van der Waals surface area contributed by atoms with Gasteiger partial charge in [-0.3, -0.25) is 9.47 Å². The van der Waals surface area contributed by atoms with Gasteiger partial charge in [-0.2, -0.15) is 4.31 Å². The highest BCUT2D eigenvalue weighted by atomic mass is 32.2. The summed E-state index contributed by atoms with van der Waals surface area (Å²) < 4.78 is 38.2. The minimum Gasteiger partial charge on any atom is -0.373 e. The van der Waals surface area contributed by atoms with Gasteiger partial charge in [-0.1, -0.05) is 30.3 Å². The lowest BCUT2D eigenvalue weighted by atomic mass is 10.2. The fourth-order valence-electron chi connectivity index (χ4n) is 4.96. The molecule has 2 aromatic carbocycles. The summed E-state index contributed by atoms with van der Waals surface area (Å²) in [5.74, 6) is 0.619. The zero-order valence-corrected chi connectivity index (χ0v) is 21.7. The summed E-state index contributed by atoms with van der Waals surface area (Å²) in [4.78, 5) is 2.57. The second-order valence-electron chi connectivity index (χ2n) is 9.35. The van der Waals surface area contributed by atoms with Gasteiger partial charge in [-0.25, -0.2) is 13.1 Å². The van der Waals surface area contributed by atoms with E-state index in [0.717, 1.165) is 31.6 Å². The molecular weight excluding hydrogens is 482 g/mol. The maximum Gasteiger partial charge on any atom is 0.243 e. The number of para-hydroxylation sites is 1. The molecule has 3 heterocycles. The molecule has 5 rings (SSSR count). The normalized spacial score (nSPS) is 22.0. The molecule has 2 aliphatic heterocycles. The molecule has 186 valence electrons. The van der Waals surface area contributed by atoms with E-state index in [2.05, 4.69) is 18.7 Å². The Labute approximate surface area is 211 Å². The molecule has 2 atom stereocenters. The van der Waals surface area contributed by atoms with E-state index in [9.17, 15) is 8.42 Å².